The third kappa shape index (κ3) is 3.65. The van der Waals surface area contributed by atoms with Crippen molar-refractivity contribution in [2.45, 2.75) is 19.9 Å². The van der Waals surface area contributed by atoms with E-state index in [1.54, 1.807) is 0 Å². The fraction of sp³-hybridized carbons (Fsp3) is 0.625. The summed E-state index contributed by atoms with van der Waals surface area (Å²) in [5, 5.41) is 2.74. The minimum Gasteiger partial charge on any atom is -0.380 e. The Morgan fingerprint density at radius 1 is 1.55 bits per heavy atom. The van der Waals surface area contributed by atoms with E-state index < -0.39 is 0 Å². The lowest BCUT2D eigenvalue weighted by Gasteiger charge is -2.22. The van der Waals surface area contributed by atoms with Gasteiger partial charge in [0, 0.05) is 26.7 Å². The van der Waals surface area contributed by atoms with Crippen LogP contribution in [0.4, 0.5) is 0 Å². The molecule has 0 bridgehead atoms. The first-order valence-electron chi connectivity index (χ1n) is 3.58. The van der Waals surface area contributed by atoms with Gasteiger partial charge in [-0.2, -0.15) is 0 Å². The van der Waals surface area contributed by atoms with E-state index in [9.17, 15) is 4.79 Å². The zero-order valence-corrected chi connectivity index (χ0v) is 7.64. The number of hydrogen-bond acceptors (Lipinski definition) is 2. The minimum atomic E-state index is -0.0273. The zero-order valence-electron chi connectivity index (χ0n) is 7.64. The Kier molecular flexibility index (Phi) is 3.65. The Morgan fingerprint density at radius 3 is 2.27 bits per heavy atom. The van der Waals surface area contributed by atoms with Crippen LogP contribution in [-0.4, -0.2) is 30.9 Å². The maximum absolute atomic E-state index is 10.6. The monoisotopic (exact) mass is 156 g/mol. The molecule has 0 aromatic heterocycles. The molecule has 0 heterocycles. The van der Waals surface area contributed by atoms with Gasteiger partial charge < -0.3 is 10.2 Å². The Bertz CT molecular complexity index is 163. The van der Waals surface area contributed by atoms with Crippen LogP contribution >= 0.6 is 0 Å². The van der Waals surface area contributed by atoms with Crippen LogP contribution in [-0.2, 0) is 4.79 Å². The van der Waals surface area contributed by atoms with Gasteiger partial charge in [0.15, 0.2) is 0 Å². The van der Waals surface area contributed by atoms with Gasteiger partial charge in [0.05, 0.1) is 6.04 Å². The molecule has 3 nitrogen and oxygen atoms in total. The fourth-order valence-electron chi connectivity index (χ4n) is 0.775. The summed E-state index contributed by atoms with van der Waals surface area (Å²) in [6, 6.07) is 0.0162. The summed E-state index contributed by atoms with van der Waals surface area (Å²) in [7, 11) is 3.81. The Balaban J connectivity index is 3.93. The molecule has 0 aliphatic rings. The molecule has 0 radical (unpaired) electrons. The third-order valence-electron chi connectivity index (χ3n) is 1.49. The lowest BCUT2D eigenvalue weighted by Crippen LogP contribution is -2.36. The Labute approximate surface area is 68.1 Å². The van der Waals surface area contributed by atoms with E-state index >= 15 is 0 Å². The number of carbonyl (C=O) groups excluding carboxylic acids is 1. The molecule has 0 saturated carbocycles. The molecule has 1 N–H and O–H groups in total. The summed E-state index contributed by atoms with van der Waals surface area (Å²) in [5.74, 6) is -0.0273. The molecule has 11 heavy (non-hydrogen) atoms. The highest BCUT2D eigenvalue weighted by Gasteiger charge is 2.07. The van der Waals surface area contributed by atoms with Crippen LogP contribution in [0.5, 0.6) is 0 Å². The number of amides is 1. The van der Waals surface area contributed by atoms with Crippen molar-refractivity contribution >= 4 is 5.91 Å². The topological polar surface area (TPSA) is 32.3 Å². The largest absolute Gasteiger partial charge is 0.380 e. The Hall–Kier alpha value is -0.990. The van der Waals surface area contributed by atoms with E-state index in [0.29, 0.717) is 0 Å². The highest BCUT2D eigenvalue weighted by molar-refractivity contribution is 5.73. The van der Waals surface area contributed by atoms with Gasteiger partial charge in [0.25, 0.3) is 0 Å². The molecule has 1 amide bonds. The quantitative estimate of drug-likeness (QED) is 0.648. The maximum atomic E-state index is 10.6. The van der Waals surface area contributed by atoms with Crippen LogP contribution in [0, 0.1) is 0 Å². The van der Waals surface area contributed by atoms with Crippen molar-refractivity contribution in [3.05, 3.63) is 12.3 Å². The molecular weight excluding hydrogens is 140 g/mol. The molecular formula is C8H16N2O. The van der Waals surface area contributed by atoms with E-state index in [-0.39, 0.29) is 11.9 Å². The van der Waals surface area contributed by atoms with E-state index in [2.05, 4.69) is 11.9 Å². The average molecular weight is 156 g/mol. The molecule has 0 aromatic rings. The van der Waals surface area contributed by atoms with Crippen molar-refractivity contribution < 1.29 is 4.79 Å². The van der Waals surface area contributed by atoms with Crippen LogP contribution in [0.25, 0.3) is 0 Å². The molecule has 0 saturated heterocycles. The number of rotatable bonds is 3. The summed E-state index contributed by atoms with van der Waals surface area (Å²) in [4.78, 5) is 12.5. The smallest absolute Gasteiger partial charge is 0.217 e. The third-order valence-corrected chi connectivity index (χ3v) is 1.49. The van der Waals surface area contributed by atoms with Gasteiger partial charge in [-0.3, -0.25) is 4.79 Å². The van der Waals surface area contributed by atoms with Crippen molar-refractivity contribution in [2.24, 2.45) is 0 Å². The van der Waals surface area contributed by atoms with Crippen LogP contribution < -0.4 is 5.32 Å². The summed E-state index contributed by atoms with van der Waals surface area (Å²) < 4.78 is 0. The predicted molar refractivity (Wildman–Crippen MR) is 46.1 cm³/mol. The molecule has 0 rings (SSSR count). The fourth-order valence-corrected chi connectivity index (χ4v) is 0.775. The highest BCUT2D eigenvalue weighted by atomic mass is 16.1. The van der Waals surface area contributed by atoms with Gasteiger partial charge in [0.1, 0.15) is 0 Å². The SMILES string of the molecule is C=C(C(C)NC(C)=O)N(C)C. The normalized spacial score (nSPS) is 12.0. The number of nitrogens with one attached hydrogen (secondary N) is 1. The molecule has 0 aliphatic carbocycles. The summed E-state index contributed by atoms with van der Waals surface area (Å²) in [6.07, 6.45) is 0. The highest BCUT2D eigenvalue weighted by Crippen LogP contribution is 2.00. The standard InChI is InChI=1S/C8H16N2O/c1-6(9-8(3)11)7(2)10(4)5/h6H,2H2,1,3-5H3,(H,9,11). The van der Waals surface area contributed by atoms with E-state index in [4.69, 9.17) is 0 Å². The number of likely N-dealkylation sites (N-methyl/N-ethyl adjacent to an activating group) is 1. The number of carbonyl (C=O) groups is 1. The molecule has 0 spiro atoms. The molecule has 0 aliphatic heterocycles. The molecule has 0 fully saturated rings. The van der Waals surface area contributed by atoms with Gasteiger partial charge in [-0.1, -0.05) is 6.58 Å². The second-order valence-electron chi connectivity index (χ2n) is 2.81. The van der Waals surface area contributed by atoms with Crippen molar-refractivity contribution in [3.63, 3.8) is 0 Å². The first kappa shape index (κ1) is 10.0. The molecule has 64 valence electrons. The lowest BCUT2D eigenvalue weighted by molar-refractivity contribution is -0.119. The zero-order chi connectivity index (χ0) is 9.02. The van der Waals surface area contributed by atoms with E-state index in [1.807, 2.05) is 25.9 Å². The summed E-state index contributed by atoms with van der Waals surface area (Å²) >= 11 is 0. The van der Waals surface area contributed by atoms with Gasteiger partial charge in [0.2, 0.25) is 5.91 Å². The van der Waals surface area contributed by atoms with Crippen LogP contribution in [0.15, 0.2) is 12.3 Å². The van der Waals surface area contributed by atoms with Gasteiger partial charge in [-0.05, 0) is 6.92 Å². The summed E-state index contributed by atoms with van der Waals surface area (Å²) in [5.41, 5.74) is 0.903. The maximum Gasteiger partial charge on any atom is 0.217 e. The van der Waals surface area contributed by atoms with E-state index in [0.717, 1.165) is 5.70 Å². The first-order valence-corrected chi connectivity index (χ1v) is 3.58. The second-order valence-corrected chi connectivity index (χ2v) is 2.81. The number of nitrogens with zero attached hydrogens (tertiary/aromatic N) is 1. The lowest BCUT2D eigenvalue weighted by atomic mass is 10.2. The Morgan fingerprint density at radius 2 is 2.00 bits per heavy atom. The molecule has 1 unspecified atom stereocenters. The van der Waals surface area contributed by atoms with Crippen LogP contribution in [0.3, 0.4) is 0 Å². The van der Waals surface area contributed by atoms with Crippen LogP contribution in [0.2, 0.25) is 0 Å². The van der Waals surface area contributed by atoms with Crippen LogP contribution in [0.1, 0.15) is 13.8 Å². The van der Waals surface area contributed by atoms with Crippen molar-refractivity contribution in [1.29, 1.82) is 0 Å². The van der Waals surface area contributed by atoms with Gasteiger partial charge in [-0.25, -0.2) is 0 Å². The molecule has 1 atom stereocenters. The van der Waals surface area contributed by atoms with Crippen molar-refractivity contribution in [2.75, 3.05) is 14.1 Å². The second kappa shape index (κ2) is 4.01. The molecule has 3 heteroatoms. The predicted octanol–water partition coefficient (Wildman–Crippen LogP) is 0.586. The van der Waals surface area contributed by atoms with Gasteiger partial charge in [-0.15, -0.1) is 0 Å². The van der Waals surface area contributed by atoms with Gasteiger partial charge >= 0.3 is 0 Å². The summed E-state index contributed by atoms with van der Waals surface area (Å²) in [6.45, 7) is 7.22. The first-order chi connectivity index (χ1) is 4.95. The average Bonchev–Trinajstić information content (AvgIpc) is 1.84. The van der Waals surface area contributed by atoms with Crippen molar-refractivity contribution in [3.8, 4) is 0 Å². The van der Waals surface area contributed by atoms with E-state index in [1.165, 1.54) is 6.92 Å². The van der Waals surface area contributed by atoms with Crippen molar-refractivity contribution in [1.82, 2.24) is 10.2 Å². The minimum absolute atomic E-state index is 0.0162. The molecule has 0 aromatic carbocycles. The number of hydrogen-bond donors (Lipinski definition) is 1.